The zero-order valence-electron chi connectivity index (χ0n) is 16.2. The Morgan fingerprint density at radius 2 is 1.48 bits per heavy atom. The van der Waals surface area contributed by atoms with Crippen LogP contribution in [0, 0.1) is 0 Å². The largest absolute Gasteiger partial charge is 0.480 e. The molecule has 1 heterocycles. The number of carbonyl (C=O) groups is 1. The summed E-state index contributed by atoms with van der Waals surface area (Å²) in [5.41, 5.74) is 4.46. The van der Waals surface area contributed by atoms with Crippen LogP contribution in [0.5, 0.6) is 0 Å². The molecule has 0 saturated carbocycles. The Balaban J connectivity index is 1.58. The predicted molar refractivity (Wildman–Crippen MR) is 116 cm³/mol. The molecule has 0 radical (unpaired) electrons. The van der Waals surface area contributed by atoms with Crippen LogP contribution in [0.1, 0.15) is 16.7 Å². The van der Waals surface area contributed by atoms with Crippen LogP contribution in [0.4, 0.5) is 0 Å². The van der Waals surface area contributed by atoms with Crippen LogP contribution < -0.4 is 5.32 Å². The van der Waals surface area contributed by atoms with Crippen LogP contribution in [-0.2, 0) is 24.3 Å². The van der Waals surface area contributed by atoms with Crippen LogP contribution in [0.2, 0.25) is 0 Å². The quantitative estimate of drug-likeness (QED) is 0.471. The highest BCUT2D eigenvalue weighted by molar-refractivity contribution is 5.85. The van der Waals surface area contributed by atoms with E-state index in [1.807, 2.05) is 60.7 Å². The van der Waals surface area contributed by atoms with Gasteiger partial charge in [-0.05, 0) is 22.8 Å². The van der Waals surface area contributed by atoms with Crippen molar-refractivity contribution in [2.45, 2.75) is 25.6 Å². The summed E-state index contributed by atoms with van der Waals surface area (Å²) in [7, 11) is 0. The SMILES string of the molecule is O=C(O)[C@H](Cc1cn(Cc2ccccc2)c2ccccc12)NCc1ccccc1. The summed E-state index contributed by atoms with van der Waals surface area (Å²) in [6.07, 6.45) is 2.53. The number of aromatic nitrogens is 1. The fourth-order valence-electron chi connectivity index (χ4n) is 3.70. The van der Waals surface area contributed by atoms with Crippen LogP contribution >= 0.6 is 0 Å². The molecule has 0 amide bonds. The minimum atomic E-state index is -0.833. The first-order valence-corrected chi connectivity index (χ1v) is 9.81. The summed E-state index contributed by atoms with van der Waals surface area (Å²) < 4.78 is 2.20. The fraction of sp³-hybridized carbons (Fsp3) is 0.160. The highest BCUT2D eigenvalue weighted by Gasteiger charge is 2.20. The van der Waals surface area contributed by atoms with E-state index in [1.165, 1.54) is 5.56 Å². The van der Waals surface area contributed by atoms with E-state index in [4.69, 9.17) is 0 Å². The molecule has 1 atom stereocenters. The molecular weight excluding hydrogens is 360 g/mol. The molecule has 3 aromatic carbocycles. The summed E-state index contributed by atoms with van der Waals surface area (Å²) in [6.45, 7) is 1.29. The number of rotatable bonds is 8. The Labute approximate surface area is 170 Å². The molecule has 0 bridgehead atoms. The topological polar surface area (TPSA) is 54.3 Å². The van der Waals surface area contributed by atoms with Crippen LogP contribution in [-0.4, -0.2) is 21.7 Å². The molecule has 0 aliphatic heterocycles. The number of hydrogen-bond donors (Lipinski definition) is 2. The summed E-state index contributed by atoms with van der Waals surface area (Å²) in [5.74, 6) is -0.833. The molecule has 0 fully saturated rings. The van der Waals surface area contributed by atoms with E-state index in [1.54, 1.807) is 0 Å². The third kappa shape index (κ3) is 4.55. The Morgan fingerprint density at radius 1 is 0.862 bits per heavy atom. The van der Waals surface area contributed by atoms with Gasteiger partial charge in [0.25, 0.3) is 0 Å². The highest BCUT2D eigenvalue weighted by Crippen LogP contribution is 2.24. The maximum absolute atomic E-state index is 11.9. The van der Waals surface area contributed by atoms with Gasteiger partial charge in [-0.2, -0.15) is 0 Å². The molecule has 2 N–H and O–H groups in total. The van der Waals surface area contributed by atoms with Crippen molar-refractivity contribution >= 4 is 16.9 Å². The normalized spacial score (nSPS) is 12.1. The van der Waals surface area contributed by atoms with Gasteiger partial charge in [0.1, 0.15) is 6.04 Å². The average Bonchev–Trinajstić information content (AvgIpc) is 3.10. The molecule has 4 rings (SSSR count). The molecule has 0 aliphatic rings. The van der Waals surface area contributed by atoms with E-state index in [0.29, 0.717) is 13.0 Å². The van der Waals surface area contributed by atoms with Crippen LogP contribution in [0.25, 0.3) is 10.9 Å². The number of benzene rings is 3. The van der Waals surface area contributed by atoms with Gasteiger partial charge in [0.15, 0.2) is 0 Å². The first kappa shape index (κ1) is 19.0. The molecule has 0 saturated heterocycles. The molecule has 29 heavy (non-hydrogen) atoms. The molecule has 146 valence electrons. The zero-order chi connectivity index (χ0) is 20.1. The number of para-hydroxylation sites is 1. The van der Waals surface area contributed by atoms with Gasteiger partial charge in [-0.3, -0.25) is 4.79 Å². The molecule has 4 aromatic rings. The van der Waals surface area contributed by atoms with Gasteiger partial charge in [-0.15, -0.1) is 0 Å². The second kappa shape index (κ2) is 8.76. The van der Waals surface area contributed by atoms with Gasteiger partial charge in [-0.25, -0.2) is 0 Å². The Kier molecular flexibility index (Phi) is 5.73. The predicted octanol–water partition coefficient (Wildman–Crippen LogP) is 4.48. The Bertz CT molecular complexity index is 1090. The molecule has 0 aliphatic carbocycles. The summed E-state index contributed by atoms with van der Waals surface area (Å²) in [6, 6.07) is 27.7. The van der Waals surface area contributed by atoms with E-state index >= 15 is 0 Å². The fourth-order valence-corrected chi connectivity index (χ4v) is 3.70. The minimum absolute atomic E-state index is 0.435. The van der Waals surface area contributed by atoms with Gasteiger partial charge in [0.05, 0.1) is 0 Å². The monoisotopic (exact) mass is 384 g/mol. The van der Waals surface area contributed by atoms with Crippen molar-refractivity contribution in [3.05, 3.63) is 108 Å². The first-order valence-electron chi connectivity index (χ1n) is 9.81. The number of carboxylic acid groups (broad SMARTS) is 1. The van der Waals surface area contributed by atoms with E-state index in [-0.39, 0.29) is 0 Å². The lowest BCUT2D eigenvalue weighted by molar-refractivity contribution is -0.139. The number of nitrogens with zero attached hydrogens (tertiary/aromatic N) is 1. The van der Waals surface area contributed by atoms with E-state index in [9.17, 15) is 9.90 Å². The number of hydrogen-bond acceptors (Lipinski definition) is 2. The lowest BCUT2D eigenvalue weighted by Gasteiger charge is -2.14. The molecule has 0 unspecified atom stereocenters. The standard InChI is InChI=1S/C25H24N2O2/c28-25(29)23(26-16-19-9-3-1-4-10-19)15-21-18-27(17-20-11-5-2-6-12-20)24-14-8-7-13-22(21)24/h1-14,18,23,26H,15-17H2,(H,28,29)/t23-/m0/s1. The highest BCUT2D eigenvalue weighted by atomic mass is 16.4. The smallest absolute Gasteiger partial charge is 0.321 e. The number of aliphatic carboxylic acids is 1. The second-order valence-corrected chi connectivity index (χ2v) is 7.25. The summed E-state index contributed by atoms with van der Waals surface area (Å²) >= 11 is 0. The van der Waals surface area contributed by atoms with Crippen molar-refractivity contribution in [3.8, 4) is 0 Å². The first-order chi connectivity index (χ1) is 14.2. The second-order valence-electron chi connectivity index (χ2n) is 7.25. The van der Waals surface area contributed by atoms with E-state index in [0.717, 1.165) is 28.6 Å². The van der Waals surface area contributed by atoms with Crippen molar-refractivity contribution in [1.29, 1.82) is 0 Å². The Hall–Kier alpha value is -3.37. The van der Waals surface area contributed by atoms with Crippen molar-refractivity contribution in [1.82, 2.24) is 9.88 Å². The summed E-state index contributed by atoms with van der Waals surface area (Å²) in [5, 5.41) is 14.1. The molecule has 1 aromatic heterocycles. The number of nitrogens with one attached hydrogen (secondary N) is 1. The minimum Gasteiger partial charge on any atom is -0.480 e. The molecule has 4 nitrogen and oxygen atoms in total. The number of fused-ring (bicyclic) bond motifs is 1. The molecule has 0 spiro atoms. The lowest BCUT2D eigenvalue weighted by Crippen LogP contribution is -2.38. The lowest BCUT2D eigenvalue weighted by atomic mass is 10.0. The number of carboxylic acids is 1. The third-order valence-electron chi connectivity index (χ3n) is 5.18. The maximum atomic E-state index is 11.9. The average molecular weight is 384 g/mol. The van der Waals surface area contributed by atoms with Gasteiger partial charge >= 0.3 is 5.97 Å². The van der Waals surface area contributed by atoms with Gasteiger partial charge < -0.3 is 15.0 Å². The summed E-state index contributed by atoms with van der Waals surface area (Å²) in [4.78, 5) is 11.9. The van der Waals surface area contributed by atoms with Crippen LogP contribution in [0.3, 0.4) is 0 Å². The van der Waals surface area contributed by atoms with Gasteiger partial charge in [-0.1, -0.05) is 78.9 Å². The van der Waals surface area contributed by atoms with Gasteiger partial charge in [0.2, 0.25) is 0 Å². The maximum Gasteiger partial charge on any atom is 0.321 e. The third-order valence-corrected chi connectivity index (χ3v) is 5.18. The van der Waals surface area contributed by atoms with E-state index < -0.39 is 12.0 Å². The zero-order valence-corrected chi connectivity index (χ0v) is 16.2. The van der Waals surface area contributed by atoms with Crippen molar-refractivity contribution in [3.63, 3.8) is 0 Å². The Morgan fingerprint density at radius 3 is 2.17 bits per heavy atom. The molecule has 4 heteroatoms. The van der Waals surface area contributed by atoms with E-state index in [2.05, 4.69) is 40.3 Å². The molecular formula is C25H24N2O2. The van der Waals surface area contributed by atoms with Crippen molar-refractivity contribution in [2.75, 3.05) is 0 Å². The van der Waals surface area contributed by atoms with Gasteiger partial charge in [0, 0.05) is 36.6 Å². The van der Waals surface area contributed by atoms with Crippen LogP contribution in [0.15, 0.2) is 91.1 Å². The van der Waals surface area contributed by atoms with Crippen molar-refractivity contribution in [2.24, 2.45) is 0 Å². The van der Waals surface area contributed by atoms with Crippen molar-refractivity contribution < 1.29 is 9.90 Å².